The van der Waals surface area contributed by atoms with E-state index in [1.165, 1.54) is 0 Å². The number of carbonyl (C=O) groups is 1. The molecule has 9 nitrogen and oxygen atoms in total. The van der Waals surface area contributed by atoms with Crippen molar-refractivity contribution in [1.82, 2.24) is 24.7 Å². The van der Waals surface area contributed by atoms with Gasteiger partial charge in [0.2, 0.25) is 0 Å². The fraction of sp³-hybridized carbons (Fsp3) is 0.240. The first-order chi connectivity index (χ1) is 16.6. The molecule has 4 aromatic rings. The number of anilines is 1. The molecule has 0 saturated carbocycles. The Labute approximate surface area is 197 Å². The monoisotopic (exact) mass is 458 g/mol. The Bertz CT molecular complexity index is 1240. The number of rotatable bonds is 10. The number of nitrogens with zero attached hydrogens (tertiary/aromatic N) is 5. The Balaban J connectivity index is 1.55. The number of pyridine rings is 3. The van der Waals surface area contributed by atoms with Gasteiger partial charge in [0.15, 0.2) is 0 Å². The lowest BCUT2D eigenvalue weighted by Gasteiger charge is -2.07. The van der Waals surface area contributed by atoms with Crippen LogP contribution in [0.1, 0.15) is 16.1 Å². The largest absolute Gasteiger partial charge is 0.382 e. The number of methoxy groups -OCH3 is 1. The molecule has 4 aromatic heterocycles. The minimum Gasteiger partial charge on any atom is -0.382 e. The lowest BCUT2D eigenvalue weighted by Crippen LogP contribution is -2.14. The molecule has 0 aliphatic rings. The van der Waals surface area contributed by atoms with Crippen LogP contribution in [0.25, 0.3) is 22.6 Å². The molecule has 0 unspecified atom stereocenters. The van der Waals surface area contributed by atoms with E-state index < -0.39 is 0 Å². The third-order valence-electron chi connectivity index (χ3n) is 4.97. The lowest BCUT2D eigenvalue weighted by atomic mass is 10.1. The van der Waals surface area contributed by atoms with Gasteiger partial charge in [-0.15, -0.1) is 0 Å². The minimum absolute atomic E-state index is 0.293. The molecule has 0 aliphatic carbocycles. The van der Waals surface area contributed by atoms with E-state index in [9.17, 15) is 4.79 Å². The van der Waals surface area contributed by atoms with Crippen LogP contribution in [0.3, 0.4) is 0 Å². The molecule has 9 heteroatoms. The maximum atomic E-state index is 13.1. The summed E-state index contributed by atoms with van der Waals surface area (Å²) in [6.07, 6.45) is 6.97. The van der Waals surface area contributed by atoms with Crippen molar-refractivity contribution in [3.8, 4) is 22.6 Å². The molecule has 4 heterocycles. The second-order valence-corrected chi connectivity index (χ2v) is 7.59. The Kier molecular flexibility index (Phi) is 7.69. The number of amides is 1. The van der Waals surface area contributed by atoms with Crippen molar-refractivity contribution in [2.24, 2.45) is 0 Å². The van der Waals surface area contributed by atoms with Gasteiger partial charge < -0.3 is 14.8 Å². The molecule has 0 aliphatic heterocycles. The van der Waals surface area contributed by atoms with Gasteiger partial charge >= 0.3 is 0 Å². The van der Waals surface area contributed by atoms with Crippen molar-refractivity contribution in [2.45, 2.75) is 13.5 Å². The Hall–Kier alpha value is -3.95. The van der Waals surface area contributed by atoms with Crippen LogP contribution >= 0.6 is 0 Å². The Morgan fingerprint density at radius 1 is 1.06 bits per heavy atom. The van der Waals surface area contributed by atoms with Crippen LogP contribution in [0.2, 0.25) is 0 Å². The van der Waals surface area contributed by atoms with E-state index in [2.05, 4.69) is 25.4 Å². The van der Waals surface area contributed by atoms with Crippen molar-refractivity contribution in [2.75, 3.05) is 32.2 Å². The number of nitrogens with one attached hydrogen (secondary N) is 1. The normalized spacial score (nSPS) is 10.9. The zero-order chi connectivity index (χ0) is 23.8. The Morgan fingerprint density at radius 3 is 2.74 bits per heavy atom. The van der Waals surface area contributed by atoms with Gasteiger partial charge in [0, 0.05) is 37.5 Å². The molecule has 34 heavy (non-hydrogen) atoms. The first kappa shape index (κ1) is 23.2. The average Bonchev–Trinajstić information content (AvgIpc) is 3.27. The van der Waals surface area contributed by atoms with Gasteiger partial charge in [-0.3, -0.25) is 19.4 Å². The van der Waals surface area contributed by atoms with Crippen molar-refractivity contribution in [3.63, 3.8) is 0 Å². The number of aromatic nitrogens is 5. The summed E-state index contributed by atoms with van der Waals surface area (Å²) < 4.78 is 12.3. The second-order valence-electron chi connectivity index (χ2n) is 7.59. The molecule has 1 N–H and O–H groups in total. The van der Waals surface area contributed by atoms with E-state index in [-0.39, 0.29) is 5.91 Å². The summed E-state index contributed by atoms with van der Waals surface area (Å²) in [6, 6.07) is 12.9. The van der Waals surface area contributed by atoms with Gasteiger partial charge in [-0.05, 0) is 42.8 Å². The van der Waals surface area contributed by atoms with Crippen molar-refractivity contribution in [1.29, 1.82) is 0 Å². The standard InChI is InChI=1S/C25H26N6O3/c1-18-14-19(16-26-15-18)20-7-5-8-22(28-20)25(32)29-23-17-31(10-11-34-13-12-33-2)30-24(23)21-6-3-4-9-27-21/h3-9,14-17H,10-13H2,1-2H3,(H,29,32). The molecule has 0 bridgehead atoms. The average molecular weight is 459 g/mol. The maximum Gasteiger partial charge on any atom is 0.274 e. The smallest absolute Gasteiger partial charge is 0.274 e. The van der Waals surface area contributed by atoms with Crippen LogP contribution in [-0.4, -0.2) is 57.6 Å². The number of hydrogen-bond donors (Lipinski definition) is 1. The zero-order valence-corrected chi connectivity index (χ0v) is 19.1. The summed E-state index contributed by atoms with van der Waals surface area (Å²) in [5.41, 5.74) is 4.62. The highest BCUT2D eigenvalue weighted by Crippen LogP contribution is 2.25. The molecule has 4 rings (SSSR count). The van der Waals surface area contributed by atoms with Crippen LogP contribution in [0, 0.1) is 6.92 Å². The summed E-state index contributed by atoms with van der Waals surface area (Å²) in [5, 5.41) is 7.56. The minimum atomic E-state index is -0.337. The highest BCUT2D eigenvalue weighted by Gasteiger charge is 2.17. The molecular formula is C25H26N6O3. The van der Waals surface area contributed by atoms with Crippen molar-refractivity contribution in [3.05, 3.63) is 78.5 Å². The van der Waals surface area contributed by atoms with Crippen molar-refractivity contribution >= 4 is 11.6 Å². The molecule has 174 valence electrons. The van der Waals surface area contributed by atoms with Gasteiger partial charge in [0.05, 0.1) is 43.4 Å². The molecule has 0 radical (unpaired) electrons. The van der Waals surface area contributed by atoms with E-state index in [4.69, 9.17) is 9.47 Å². The van der Waals surface area contributed by atoms with Gasteiger partial charge in [0.1, 0.15) is 11.4 Å². The van der Waals surface area contributed by atoms with Crippen LogP contribution in [0.5, 0.6) is 0 Å². The number of aryl methyl sites for hydroxylation is 1. The predicted molar refractivity (Wildman–Crippen MR) is 128 cm³/mol. The summed E-state index contributed by atoms with van der Waals surface area (Å²) >= 11 is 0. The molecule has 0 fully saturated rings. The number of ether oxygens (including phenoxy) is 2. The zero-order valence-electron chi connectivity index (χ0n) is 19.1. The number of carbonyl (C=O) groups excluding carboxylic acids is 1. The van der Waals surface area contributed by atoms with Crippen molar-refractivity contribution < 1.29 is 14.3 Å². The van der Waals surface area contributed by atoms with E-state index in [1.807, 2.05) is 37.3 Å². The predicted octanol–water partition coefficient (Wildman–Crippen LogP) is 3.63. The molecule has 0 spiro atoms. The first-order valence-electron chi connectivity index (χ1n) is 10.9. The lowest BCUT2D eigenvalue weighted by molar-refractivity contribution is 0.0654. The molecule has 0 saturated heterocycles. The summed E-state index contributed by atoms with van der Waals surface area (Å²) in [7, 11) is 1.63. The van der Waals surface area contributed by atoms with Crippen LogP contribution < -0.4 is 5.32 Å². The molecule has 0 atom stereocenters. The fourth-order valence-corrected chi connectivity index (χ4v) is 3.33. The second kappa shape index (κ2) is 11.3. The molecule has 1 amide bonds. The van der Waals surface area contributed by atoms with Crippen LogP contribution in [0.15, 0.2) is 67.3 Å². The first-order valence-corrected chi connectivity index (χ1v) is 10.9. The van der Waals surface area contributed by atoms with Gasteiger partial charge in [0.25, 0.3) is 5.91 Å². The quantitative estimate of drug-likeness (QED) is 0.362. The van der Waals surface area contributed by atoms with E-state index >= 15 is 0 Å². The SMILES string of the molecule is COCCOCCn1cc(NC(=O)c2cccc(-c3cncc(C)c3)n2)c(-c2ccccn2)n1. The van der Waals surface area contributed by atoms with Gasteiger partial charge in [-0.1, -0.05) is 12.1 Å². The third kappa shape index (κ3) is 5.89. The summed E-state index contributed by atoms with van der Waals surface area (Å²) in [6.45, 7) is 3.99. The van der Waals surface area contributed by atoms with Crippen LogP contribution in [0.4, 0.5) is 5.69 Å². The van der Waals surface area contributed by atoms with E-state index in [1.54, 1.807) is 48.7 Å². The van der Waals surface area contributed by atoms with Gasteiger partial charge in [-0.25, -0.2) is 4.98 Å². The van der Waals surface area contributed by atoms with E-state index in [0.717, 1.165) is 11.1 Å². The highest BCUT2D eigenvalue weighted by molar-refractivity contribution is 6.04. The van der Waals surface area contributed by atoms with Crippen LogP contribution in [-0.2, 0) is 16.0 Å². The molecular weight excluding hydrogens is 432 g/mol. The Morgan fingerprint density at radius 2 is 1.94 bits per heavy atom. The fourth-order valence-electron chi connectivity index (χ4n) is 3.33. The third-order valence-corrected chi connectivity index (χ3v) is 4.97. The van der Waals surface area contributed by atoms with E-state index in [0.29, 0.717) is 54.8 Å². The summed E-state index contributed by atoms with van der Waals surface area (Å²) in [4.78, 5) is 26.2. The number of hydrogen-bond acceptors (Lipinski definition) is 7. The summed E-state index contributed by atoms with van der Waals surface area (Å²) in [5.74, 6) is -0.337. The highest BCUT2D eigenvalue weighted by atomic mass is 16.5. The maximum absolute atomic E-state index is 13.1. The van der Waals surface area contributed by atoms with Gasteiger partial charge in [-0.2, -0.15) is 5.10 Å². The topological polar surface area (TPSA) is 104 Å². The molecule has 0 aromatic carbocycles.